The Bertz CT molecular complexity index is 778. The Morgan fingerprint density at radius 3 is 2.52 bits per heavy atom. The van der Waals surface area contributed by atoms with Crippen molar-refractivity contribution >= 4 is 17.3 Å². The number of nitro benzene ring substituents is 1. The van der Waals surface area contributed by atoms with Crippen molar-refractivity contribution in [3.05, 3.63) is 52.6 Å². The van der Waals surface area contributed by atoms with E-state index in [0.29, 0.717) is 36.9 Å². The third-order valence-electron chi connectivity index (χ3n) is 3.45. The molecule has 1 N–H and O–H groups in total. The topological polar surface area (TPSA) is 99.9 Å². The van der Waals surface area contributed by atoms with Gasteiger partial charge in [-0.2, -0.15) is 0 Å². The fourth-order valence-corrected chi connectivity index (χ4v) is 2.30. The Kier molecular flexibility index (Phi) is 4.98. The largest absolute Gasteiger partial charge is 0.489 e. The van der Waals surface area contributed by atoms with Gasteiger partial charge in [-0.05, 0) is 12.1 Å². The number of nitrogens with one attached hydrogen (secondary N) is 1. The smallest absolute Gasteiger partial charge is 0.296 e. The van der Waals surface area contributed by atoms with Crippen LogP contribution >= 0.6 is 0 Å². The van der Waals surface area contributed by atoms with Crippen LogP contribution in [0.5, 0.6) is 17.2 Å². The fourth-order valence-electron chi connectivity index (χ4n) is 2.30. The van der Waals surface area contributed by atoms with E-state index in [1.807, 2.05) is 6.07 Å². The lowest BCUT2D eigenvalue weighted by atomic mass is 10.2. The van der Waals surface area contributed by atoms with Gasteiger partial charge in [0, 0.05) is 12.5 Å². The first-order valence-corrected chi connectivity index (χ1v) is 7.69. The highest BCUT2D eigenvalue weighted by Crippen LogP contribution is 2.39. The number of ether oxygens (including phenoxy) is 3. The summed E-state index contributed by atoms with van der Waals surface area (Å²) in [5.41, 5.74) is -0.228. The van der Waals surface area contributed by atoms with Crippen molar-refractivity contribution in [1.82, 2.24) is 0 Å². The minimum absolute atomic E-state index is 0.0379. The molecule has 2 aromatic rings. The molecule has 3 rings (SSSR count). The molecule has 0 spiro atoms. The van der Waals surface area contributed by atoms with E-state index in [2.05, 4.69) is 5.32 Å². The van der Waals surface area contributed by atoms with E-state index in [9.17, 15) is 14.9 Å². The molecule has 1 amide bonds. The number of carbonyl (C=O) groups excluding carboxylic acids is 1. The van der Waals surface area contributed by atoms with Crippen LogP contribution in [0.4, 0.5) is 11.4 Å². The van der Waals surface area contributed by atoms with Gasteiger partial charge in [-0.25, -0.2) is 0 Å². The normalized spacial score (nSPS) is 12.8. The number of hydrogen-bond acceptors (Lipinski definition) is 6. The van der Waals surface area contributed by atoms with Crippen molar-refractivity contribution in [1.29, 1.82) is 0 Å². The molecule has 0 bridgehead atoms. The van der Waals surface area contributed by atoms with Crippen LogP contribution in [0.2, 0.25) is 0 Å². The van der Waals surface area contributed by atoms with Crippen molar-refractivity contribution in [2.75, 3.05) is 25.1 Å². The van der Waals surface area contributed by atoms with E-state index in [1.54, 1.807) is 24.3 Å². The molecule has 0 aliphatic carbocycles. The Labute approximate surface area is 143 Å². The summed E-state index contributed by atoms with van der Waals surface area (Å²) in [4.78, 5) is 22.8. The molecule has 0 aromatic heterocycles. The van der Waals surface area contributed by atoms with Crippen molar-refractivity contribution < 1.29 is 23.9 Å². The molecule has 0 fully saturated rings. The summed E-state index contributed by atoms with van der Waals surface area (Å²) in [6, 6.07) is 11.5. The first-order valence-electron chi connectivity index (χ1n) is 7.69. The van der Waals surface area contributed by atoms with Gasteiger partial charge in [0.05, 0.1) is 24.2 Å². The van der Waals surface area contributed by atoms with Crippen LogP contribution in [-0.2, 0) is 4.79 Å². The minimum Gasteiger partial charge on any atom is -0.489 e. The summed E-state index contributed by atoms with van der Waals surface area (Å²) in [6.07, 6.45) is 0.676. The molecule has 25 heavy (non-hydrogen) atoms. The van der Waals surface area contributed by atoms with Crippen molar-refractivity contribution in [3.63, 3.8) is 0 Å². The van der Waals surface area contributed by atoms with Gasteiger partial charge in [0.1, 0.15) is 11.4 Å². The number of nitrogens with zero attached hydrogens (tertiary/aromatic N) is 1. The van der Waals surface area contributed by atoms with Crippen LogP contribution < -0.4 is 19.5 Å². The first kappa shape index (κ1) is 16.6. The SMILES string of the molecule is O=C(COc1ccccc1)Nc1cc2c(cc1[N+](=O)[O-])OCCCO2. The van der Waals surface area contributed by atoms with Crippen LogP contribution in [0, 0.1) is 10.1 Å². The Morgan fingerprint density at radius 1 is 1.16 bits per heavy atom. The molecule has 1 heterocycles. The van der Waals surface area contributed by atoms with Gasteiger partial charge in [-0.15, -0.1) is 0 Å². The molecule has 0 saturated heterocycles. The molecule has 1 aliphatic heterocycles. The van der Waals surface area contributed by atoms with E-state index in [-0.39, 0.29) is 18.0 Å². The van der Waals surface area contributed by atoms with E-state index in [4.69, 9.17) is 14.2 Å². The number of rotatable bonds is 5. The van der Waals surface area contributed by atoms with Crippen molar-refractivity contribution in [3.8, 4) is 17.2 Å². The van der Waals surface area contributed by atoms with E-state index in [0.717, 1.165) is 0 Å². The van der Waals surface area contributed by atoms with Gasteiger partial charge in [-0.1, -0.05) is 18.2 Å². The highest BCUT2D eigenvalue weighted by atomic mass is 16.6. The number of para-hydroxylation sites is 1. The molecule has 1 aliphatic rings. The zero-order valence-corrected chi connectivity index (χ0v) is 13.3. The molecular weight excluding hydrogens is 328 g/mol. The Morgan fingerprint density at radius 2 is 1.84 bits per heavy atom. The lowest BCUT2D eigenvalue weighted by Gasteiger charge is -2.11. The zero-order valence-electron chi connectivity index (χ0n) is 13.3. The third-order valence-corrected chi connectivity index (χ3v) is 3.45. The molecule has 0 saturated carbocycles. The van der Waals surface area contributed by atoms with Crippen LogP contribution in [0.3, 0.4) is 0 Å². The number of amides is 1. The van der Waals surface area contributed by atoms with E-state index in [1.165, 1.54) is 12.1 Å². The molecule has 2 aromatic carbocycles. The predicted molar refractivity (Wildman–Crippen MR) is 89.3 cm³/mol. The molecule has 0 atom stereocenters. The Hall–Kier alpha value is -3.29. The maximum Gasteiger partial charge on any atom is 0.296 e. The summed E-state index contributed by atoms with van der Waals surface area (Å²) >= 11 is 0. The lowest BCUT2D eigenvalue weighted by Crippen LogP contribution is -2.20. The van der Waals surface area contributed by atoms with Gasteiger partial charge >= 0.3 is 0 Å². The summed E-state index contributed by atoms with van der Waals surface area (Å²) in [6.45, 7) is 0.589. The molecule has 130 valence electrons. The quantitative estimate of drug-likeness (QED) is 0.661. The van der Waals surface area contributed by atoms with Crippen LogP contribution in [-0.4, -0.2) is 30.7 Å². The number of anilines is 1. The molecule has 0 radical (unpaired) electrons. The van der Waals surface area contributed by atoms with E-state index >= 15 is 0 Å². The molecule has 8 nitrogen and oxygen atoms in total. The predicted octanol–water partition coefficient (Wildman–Crippen LogP) is 2.77. The number of hydrogen-bond donors (Lipinski definition) is 1. The number of benzene rings is 2. The van der Waals surface area contributed by atoms with Crippen molar-refractivity contribution in [2.24, 2.45) is 0 Å². The average molecular weight is 344 g/mol. The number of nitro groups is 1. The number of carbonyl (C=O) groups is 1. The summed E-state index contributed by atoms with van der Waals surface area (Å²) in [5, 5.41) is 13.8. The molecular formula is C17H16N2O6. The van der Waals surface area contributed by atoms with Gasteiger partial charge < -0.3 is 19.5 Å². The third kappa shape index (κ3) is 4.17. The Balaban J connectivity index is 1.75. The second-order valence-electron chi connectivity index (χ2n) is 5.27. The molecule has 0 unspecified atom stereocenters. The van der Waals surface area contributed by atoms with Crippen LogP contribution in [0.1, 0.15) is 6.42 Å². The molecule has 8 heteroatoms. The van der Waals surface area contributed by atoms with Gasteiger partial charge in [0.25, 0.3) is 11.6 Å². The standard InChI is InChI=1S/C17H16N2O6/c20-17(11-25-12-5-2-1-3-6-12)18-13-9-15-16(10-14(13)19(21)22)24-8-4-7-23-15/h1-3,5-6,9-10H,4,7-8,11H2,(H,18,20). The first-order chi connectivity index (χ1) is 12.1. The van der Waals surface area contributed by atoms with Gasteiger partial charge in [0.15, 0.2) is 18.1 Å². The van der Waals surface area contributed by atoms with Gasteiger partial charge in [-0.3, -0.25) is 14.9 Å². The minimum atomic E-state index is -0.581. The highest BCUT2D eigenvalue weighted by molar-refractivity contribution is 5.94. The van der Waals surface area contributed by atoms with E-state index < -0.39 is 10.8 Å². The van der Waals surface area contributed by atoms with Crippen molar-refractivity contribution in [2.45, 2.75) is 6.42 Å². The second kappa shape index (κ2) is 7.52. The highest BCUT2D eigenvalue weighted by Gasteiger charge is 2.23. The summed E-state index contributed by atoms with van der Waals surface area (Å²) in [7, 11) is 0. The van der Waals surface area contributed by atoms with Crippen LogP contribution in [0.25, 0.3) is 0 Å². The fraction of sp³-hybridized carbons (Fsp3) is 0.235. The summed E-state index contributed by atoms with van der Waals surface area (Å²) in [5.74, 6) is 0.678. The summed E-state index contributed by atoms with van der Waals surface area (Å²) < 4.78 is 16.3. The lowest BCUT2D eigenvalue weighted by molar-refractivity contribution is -0.384. The average Bonchev–Trinajstić information content (AvgIpc) is 2.85. The monoisotopic (exact) mass is 344 g/mol. The maximum absolute atomic E-state index is 12.1. The van der Waals surface area contributed by atoms with Crippen LogP contribution in [0.15, 0.2) is 42.5 Å². The number of fused-ring (bicyclic) bond motifs is 1. The second-order valence-corrected chi connectivity index (χ2v) is 5.27. The maximum atomic E-state index is 12.1. The van der Waals surface area contributed by atoms with Gasteiger partial charge in [0.2, 0.25) is 0 Å². The zero-order chi connectivity index (χ0) is 17.6.